The first-order valence-electron chi connectivity index (χ1n) is 12.5. The zero-order valence-corrected chi connectivity index (χ0v) is 20.4. The van der Waals surface area contributed by atoms with Crippen molar-refractivity contribution >= 4 is 5.97 Å². The highest BCUT2D eigenvalue weighted by Gasteiger charge is 2.13. The smallest absolute Gasteiger partial charge is 0.343 e. The second kappa shape index (κ2) is 13.6. The number of unbranched alkanes of at least 4 members (excludes halogenated alkanes) is 6. The van der Waals surface area contributed by atoms with Crippen molar-refractivity contribution in [2.45, 2.75) is 78.1 Å². The van der Waals surface area contributed by atoms with E-state index in [-0.39, 0.29) is 11.3 Å². The van der Waals surface area contributed by atoms with Gasteiger partial charge in [0.05, 0.1) is 11.1 Å². The first kappa shape index (κ1) is 25.5. The molecule has 0 atom stereocenters. The largest absolute Gasteiger partial charge is 0.423 e. The standard InChI is InChI=1S/C29H35FN2O2/c1-3-5-7-9-11-22-13-15-24(16-14-22)29(33)34-25-17-18-26(27(30)19-25)28-31-20-23(21-32-28)12-10-8-6-4-2/h13-21H,3-12H2,1-2H3. The third kappa shape index (κ3) is 7.75. The number of hydrogen-bond acceptors (Lipinski definition) is 4. The van der Waals surface area contributed by atoms with Gasteiger partial charge >= 0.3 is 5.97 Å². The number of carbonyl (C=O) groups excluding carboxylic acids is 1. The second-order valence-corrected chi connectivity index (χ2v) is 8.76. The molecule has 0 saturated carbocycles. The number of nitrogens with zero attached hydrogens (tertiary/aromatic N) is 2. The number of halogens is 1. The van der Waals surface area contributed by atoms with Crippen molar-refractivity contribution in [1.82, 2.24) is 9.97 Å². The Hall–Kier alpha value is -3.08. The minimum absolute atomic E-state index is 0.155. The maximum atomic E-state index is 14.7. The number of aryl methyl sites for hydroxylation is 2. The van der Waals surface area contributed by atoms with Crippen molar-refractivity contribution in [2.24, 2.45) is 0 Å². The van der Waals surface area contributed by atoms with Crippen LogP contribution < -0.4 is 4.74 Å². The third-order valence-corrected chi connectivity index (χ3v) is 5.92. The quantitative estimate of drug-likeness (QED) is 0.148. The normalized spacial score (nSPS) is 10.9. The fourth-order valence-electron chi connectivity index (χ4n) is 3.85. The highest BCUT2D eigenvalue weighted by Crippen LogP contribution is 2.24. The second-order valence-electron chi connectivity index (χ2n) is 8.76. The SMILES string of the molecule is CCCCCCc1ccc(C(=O)Oc2ccc(-c3ncc(CCCCCC)cn3)c(F)c2)cc1. The molecule has 0 spiro atoms. The Labute approximate surface area is 202 Å². The lowest BCUT2D eigenvalue weighted by atomic mass is 10.0. The Balaban J connectivity index is 1.56. The molecule has 2 aromatic carbocycles. The summed E-state index contributed by atoms with van der Waals surface area (Å²) in [7, 11) is 0. The van der Waals surface area contributed by atoms with E-state index in [9.17, 15) is 9.18 Å². The fourth-order valence-corrected chi connectivity index (χ4v) is 3.85. The fraction of sp³-hybridized carbons (Fsp3) is 0.414. The molecule has 0 radical (unpaired) electrons. The molecule has 0 fully saturated rings. The van der Waals surface area contributed by atoms with Crippen LogP contribution in [0.1, 0.15) is 86.7 Å². The van der Waals surface area contributed by atoms with E-state index in [1.54, 1.807) is 36.7 Å². The van der Waals surface area contributed by atoms with Gasteiger partial charge in [-0.3, -0.25) is 0 Å². The summed E-state index contributed by atoms with van der Waals surface area (Å²) in [6.07, 6.45) is 15.0. The molecular weight excluding hydrogens is 427 g/mol. The molecule has 3 rings (SSSR count). The van der Waals surface area contributed by atoms with Crippen LogP contribution in [0.5, 0.6) is 5.75 Å². The molecule has 0 aliphatic heterocycles. The minimum atomic E-state index is -0.525. The van der Waals surface area contributed by atoms with Gasteiger partial charge in [0.15, 0.2) is 5.82 Å². The zero-order chi connectivity index (χ0) is 24.2. The van der Waals surface area contributed by atoms with E-state index in [0.29, 0.717) is 11.4 Å². The molecule has 4 nitrogen and oxygen atoms in total. The van der Waals surface area contributed by atoms with Gasteiger partial charge in [-0.05, 0) is 61.1 Å². The number of esters is 1. The van der Waals surface area contributed by atoms with Crippen molar-refractivity contribution in [3.63, 3.8) is 0 Å². The van der Waals surface area contributed by atoms with Gasteiger partial charge in [0.25, 0.3) is 0 Å². The highest BCUT2D eigenvalue weighted by atomic mass is 19.1. The lowest BCUT2D eigenvalue weighted by molar-refractivity contribution is 0.0734. The Bertz CT molecular complexity index is 1030. The van der Waals surface area contributed by atoms with Gasteiger partial charge in [-0.2, -0.15) is 0 Å². The van der Waals surface area contributed by atoms with Crippen LogP contribution in [0, 0.1) is 5.82 Å². The summed E-state index contributed by atoms with van der Waals surface area (Å²) in [5, 5.41) is 0. The summed E-state index contributed by atoms with van der Waals surface area (Å²) in [5.74, 6) is -0.554. The van der Waals surface area contributed by atoms with Crippen LogP contribution in [0.3, 0.4) is 0 Å². The Morgan fingerprint density at radius 3 is 2.00 bits per heavy atom. The summed E-state index contributed by atoms with van der Waals surface area (Å²) < 4.78 is 20.1. The summed E-state index contributed by atoms with van der Waals surface area (Å²) in [6, 6.07) is 11.8. The van der Waals surface area contributed by atoms with Gasteiger partial charge in [-0.15, -0.1) is 0 Å². The number of carbonyl (C=O) groups is 1. The average molecular weight is 463 g/mol. The van der Waals surface area contributed by atoms with Crippen LogP contribution in [0.15, 0.2) is 54.9 Å². The Kier molecular flexibility index (Phi) is 10.2. The molecule has 0 unspecified atom stereocenters. The molecule has 34 heavy (non-hydrogen) atoms. The lowest BCUT2D eigenvalue weighted by Gasteiger charge is -2.08. The number of benzene rings is 2. The molecule has 180 valence electrons. The van der Waals surface area contributed by atoms with Crippen molar-refractivity contribution < 1.29 is 13.9 Å². The Morgan fingerprint density at radius 2 is 1.41 bits per heavy atom. The summed E-state index contributed by atoms with van der Waals surface area (Å²) >= 11 is 0. The summed E-state index contributed by atoms with van der Waals surface area (Å²) in [6.45, 7) is 4.38. The van der Waals surface area contributed by atoms with Gasteiger partial charge in [-0.1, -0.05) is 64.5 Å². The van der Waals surface area contributed by atoms with Crippen molar-refractivity contribution in [3.05, 3.63) is 77.4 Å². The van der Waals surface area contributed by atoms with Gasteiger partial charge in [0, 0.05) is 18.5 Å². The molecule has 1 aromatic heterocycles. The summed E-state index contributed by atoms with van der Waals surface area (Å²) in [4.78, 5) is 21.1. The molecule has 5 heteroatoms. The highest BCUT2D eigenvalue weighted by molar-refractivity contribution is 5.91. The molecule has 0 amide bonds. The first-order chi connectivity index (χ1) is 16.6. The van der Waals surface area contributed by atoms with Crippen molar-refractivity contribution in [2.75, 3.05) is 0 Å². The monoisotopic (exact) mass is 462 g/mol. The van der Waals surface area contributed by atoms with Crippen molar-refractivity contribution in [3.8, 4) is 17.1 Å². The summed E-state index contributed by atoms with van der Waals surface area (Å²) in [5.41, 5.74) is 2.98. The van der Waals surface area contributed by atoms with E-state index in [1.165, 1.54) is 50.2 Å². The van der Waals surface area contributed by atoms with Gasteiger partial charge in [0.2, 0.25) is 0 Å². The van der Waals surface area contributed by atoms with Crippen LogP contribution in [0.4, 0.5) is 4.39 Å². The first-order valence-corrected chi connectivity index (χ1v) is 12.5. The number of rotatable bonds is 13. The van der Waals surface area contributed by atoms with Crippen LogP contribution in [-0.2, 0) is 12.8 Å². The number of aromatic nitrogens is 2. The van der Waals surface area contributed by atoms with Gasteiger partial charge in [-0.25, -0.2) is 19.2 Å². The van der Waals surface area contributed by atoms with Crippen LogP contribution in [0.25, 0.3) is 11.4 Å². The molecule has 3 aromatic rings. The predicted molar refractivity (Wildman–Crippen MR) is 135 cm³/mol. The Morgan fingerprint density at radius 1 is 0.794 bits per heavy atom. The van der Waals surface area contributed by atoms with E-state index in [1.807, 2.05) is 12.1 Å². The van der Waals surface area contributed by atoms with Crippen molar-refractivity contribution in [1.29, 1.82) is 0 Å². The molecule has 0 bridgehead atoms. The average Bonchev–Trinajstić information content (AvgIpc) is 2.85. The van der Waals surface area contributed by atoms with Gasteiger partial charge < -0.3 is 4.74 Å². The molecule has 0 aliphatic carbocycles. The molecule has 0 aliphatic rings. The van der Waals surface area contributed by atoms with E-state index in [2.05, 4.69) is 23.8 Å². The maximum Gasteiger partial charge on any atom is 0.343 e. The molecular formula is C29H35FN2O2. The third-order valence-electron chi connectivity index (χ3n) is 5.92. The van der Waals surface area contributed by atoms with E-state index in [4.69, 9.17) is 4.74 Å². The molecule has 0 saturated heterocycles. The number of hydrogen-bond donors (Lipinski definition) is 0. The lowest BCUT2D eigenvalue weighted by Crippen LogP contribution is -2.09. The molecule has 0 N–H and O–H groups in total. The van der Waals surface area contributed by atoms with Crippen LogP contribution in [-0.4, -0.2) is 15.9 Å². The van der Waals surface area contributed by atoms with E-state index < -0.39 is 11.8 Å². The topological polar surface area (TPSA) is 52.1 Å². The number of ether oxygens (including phenoxy) is 1. The minimum Gasteiger partial charge on any atom is -0.423 e. The van der Waals surface area contributed by atoms with Crippen LogP contribution >= 0.6 is 0 Å². The van der Waals surface area contributed by atoms with Crippen LogP contribution in [0.2, 0.25) is 0 Å². The zero-order valence-electron chi connectivity index (χ0n) is 20.4. The van der Waals surface area contributed by atoms with Gasteiger partial charge in [0.1, 0.15) is 11.6 Å². The maximum absolute atomic E-state index is 14.7. The predicted octanol–water partition coefficient (Wildman–Crippen LogP) is 7.75. The molecule has 1 heterocycles. The van der Waals surface area contributed by atoms with E-state index in [0.717, 1.165) is 31.2 Å². The van der Waals surface area contributed by atoms with E-state index >= 15 is 0 Å².